The molecule has 0 radical (unpaired) electrons. The highest BCUT2D eigenvalue weighted by molar-refractivity contribution is 7.99. The molecule has 1 unspecified atom stereocenters. The van der Waals surface area contributed by atoms with Gasteiger partial charge < -0.3 is 5.11 Å². The molecule has 0 amide bonds. The molecule has 0 bridgehead atoms. The van der Waals surface area contributed by atoms with Crippen molar-refractivity contribution < 1.29 is 13.9 Å². The average molecular weight is 246 g/mol. The fourth-order valence-electron chi connectivity index (χ4n) is 1.32. The Morgan fingerprint density at radius 1 is 1.31 bits per heavy atom. The molecule has 1 nitrogen and oxygen atoms in total. The van der Waals surface area contributed by atoms with E-state index in [-0.39, 0.29) is 12.0 Å². The highest BCUT2D eigenvalue weighted by Gasteiger charge is 2.12. The van der Waals surface area contributed by atoms with Crippen molar-refractivity contribution in [3.8, 4) is 0 Å². The topological polar surface area (TPSA) is 20.2 Å². The van der Waals surface area contributed by atoms with Gasteiger partial charge in [-0.25, -0.2) is 8.78 Å². The molecule has 0 saturated heterocycles. The largest absolute Gasteiger partial charge is 0.392 e. The Balaban J connectivity index is 2.56. The SMILES string of the molecule is CC(C)SCC(O)Cc1cccc(F)c1F. The number of aliphatic hydroxyl groups is 1. The summed E-state index contributed by atoms with van der Waals surface area (Å²) < 4.78 is 26.1. The van der Waals surface area contributed by atoms with Crippen LogP contribution in [0.15, 0.2) is 18.2 Å². The quantitative estimate of drug-likeness (QED) is 0.861. The van der Waals surface area contributed by atoms with Crippen molar-refractivity contribution in [2.45, 2.75) is 31.6 Å². The van der Waals surface area contributed by atoms with Crippen LogP contribution in [-0.4, -0.2) is 22.2 Å². The fraction of sp³-hybridized carbons (Fsp3) is 0.500. The second kappa shape index (κ2) is 6.21. The van der Waals surface area contributed by atoms with Gasteiger partial charge in [0.05, 0.1) is 6.10 Å². The number of benzene rings is 1. The molecule has 0 fully saturated rings. The molecule has 1 N–H and O–H groups in total. The molecule has 4 heteroatoms. The molecule has 90 valence electrons. The van der Waals surface area contributed by atoms with E-state index in [9.17, 15) is 13.9 Å². The van der Waals surface area contributed by atoms with Crippen LogP contribution in [0.1, 0.15) is 19.4 Å². The maximum atomic E-state index is 13.3. The molecular formula is C12H16F2OS. The Hall–Kier alpha value is -0.610. The van der Waals surface area contributed by atoms with E-state index < -0.39 is 17.7 Å². The van der Waals surface area contributed by atoms with Crippen LogP contribution in [-0.2, 0) is 6.42 Å². The van der Waals surface area contributed by atoms with Gasteiger partial charge in [-0.05, 0) is 16.9 Å². The molecule has 0 aliphatic heterocycles. The summed E-state index contributed by atoms with van der Waals surface area (Å²) in [5.41, 5.74) is 0.233. The van der Waals surface area contributed by atoms with Crippen LogP contribution in [0.4, 0.5) is 8.78 Å². The Morgan fingerprint density at radius 2 is 2.00 bits per heavy atom. The zero-order chi connectivity index (χ0) is 12.1. The van der Waals surface area contributed by atoms with E-state index in [0.717, 1.165) is 6.07 Å². The molecule has 1 aromatic rings. The van der Waals surface area contributed by atoms with Gasteiger partial charge in [0.1, 0.15) is 0 Å². The van der Waals surface area contributed by atoms with E-state index >= 15 is 0 Å². The van der Waals surface area contributed by atoms with Gasteiger partial charge in [-0.3, -0.25) is 0 Å². The number of aliphatic hydroxyl groups excluding tert-OH is 1. The number of halogens is 2. The van der Waals surface area contributed by atoms with Gasteiger partial charge in [-0.15, -0.1) is 0 Å². The zero-order valence-electron chi connectivity index (χ0n) is 9.41. The van der Waals surface area contributed by atoms with Crippen molar-refractivity contribution in [1.82, 2.24) is 0 Å². The number of thioether (sulfide) groups is 1. The number of hydrogen-bond donors (Lipinski definition) is 1. The summed E-state index contributed by atoms with van der Waals surface area (Å²) in [6.45, 7) is 4.06. The second-order valence-corrected chi connectivity index (χ2v) is 5.56. The molecule has 0 spiro atoms. The van der Waals surface area contributed by atoms with Gasteiger partial charge in [0.2, 0.25) is 0 Å². The van der Waals surface area contributed by atoms with Crippen molar-refractivity contribution in [3.05, 3.63) is 35.4 Å². The third kappa shape index (κ3) is 4.10. The third-order valence-electron chi connectivity index (χ3n) is 2.11. The van der Waals surface area contributed by atoms with Crippen molar-refractivity contribution in [1.29, 1.82) is 0 Å². The predicted molar refractivity (Wildman–Crippen MR) is 63.7 cm³/mol. The van der Waals surface area contributed by atoms with Gasteiger partial charge in [-0.1, -0.05) is 26.0 Å². The molecule has 0 aromatic heterocycles. The summed E-state index contributed by atoms with van der Waals surface area (Å²) in [4.78, 5) is 0. The first-order valence-electron chi connectivity index (χ1n) is 5.23. The second-order valence-electron chi connectivity index (χ2n) is 3.95. The number of hydrogen-bond acceptors (Lipinski definition) is 2. The highest BCUT2D eigenvalue weighted by atomic mass is 32.2. The van der Waals surface area contributed by atoms with Crippen LogP contribution in [0.3, 0.4) is 0 Å². The van der Waals surface area contributed by atoms with Gasteiger partial charge in [-0.2, -0.15) is 11.8 Å². The lowest BCUT2D eigenvalue weighted by Crippen LogP contribution is -2.16. The van der Waals surface area contributed by atoms with Crippen LogP contribution >= 0.6 is 11.8 Å². The van der Waals surface area contributed by atoms with Gasteiger partial charge in [0.15, 0.2) is 11.6 Å². The Bertz CT molecular complexity index is 342. The van der Waals surface area contributed by atoms with Crippen LogP contribution in [0.5, 0.6) is 0 Å². The minimum atomic E-state index is -0.860. The van der Waals surface area contributed by atoms with Crippen molar-refractivity contribution >= 4 is 11.8 Å². The van der Waals surface area contributed by atoms with E-state index in [1.54, 1.807) is 11.8 Å². The van der Waals surface area contributed by atoms with E-state index in [0.29, 0.717) is 11.0 Å². The molecule has 1 aromatic carbocycles. The van der Waals surface area contributed by atoms with Crippen molar-refractivity contribution in [2.75, 3.05) is 5.75 Å². The summed E-state index contributed by atoms with van der Waals surface area (Å²) in [6, 6.07) is 4.03. The summed E-state index contributed by atoms with van der Waals surface area (Å²) in [6.07, 6.45) is -0.479. The summed E-state index contributed by atoms with van der Waals surface area (Å²) >= 11 is 1.60. The van der Waals surface area contributed by atoms with E-state index in [4.69, 9.17) is 0 Å². The number of rotatable bonds is 5. The predicted octanol–water partition coefficient (Wildman–Crippen LogP) is 3.01. The normalized spacial score (nSPS) is 13.1. The fourth-order valence-corrected chi connectivity index (χ4v) is 2.05. The first-order valence-corrected chi connectivity index (χ1v) is 6.28. The monoisotopic (exact) mass is 246 g/mol. The van der Waals surface area contributed by atoms with Crippen molar-refractivity contribution in [2.24, 2.45) is 0 Å². The van der Waals surface area contributed by atoms with E-state index in [2.05, 4.69) is 0 Å². The molecule has 0 saturated carbocycles. The zero-order valence-corrected chi connectivity index (χ0v) is 10.2. The first kappa shape index (κ1) is 13.5. The molecular weight excluding hydrogens is 230 g/mol. The van der Waals surface area contributed by atoms with Gasteiger partial charge in [0.25, 0.3) is 0 Å². The first-order chi connectivity index (χ1) is 7.50. The summed E-state index contributed by atoms with van der Waals surface area (Å²) in [5.74, 6) is -1.18. The molecule has 1 atom stereocenters. The van der Waals surface area contributed by atoms with Gasteiger partial charge in [0, 0.05) is 12.2 Å². The Labute approximate surface area is 98.9 Å². The lowest BCUT2D eigenvalue weighted by molar-refractivity contribution is 0.198. The average Bonchev–Trinajstić information content (AvgIpc) is 2.22. The molecule has 0 heterocycles. The highest BCUT2D eigenvalue weighted by Crippen LogP contribution is 2.16. The smallest absolute Gasteiger partial charge is 0.162 e. The minimum absolute atomic E-state index is 0.156. The lowest BCUT2D eigenvalue weighted by Gasteiger charge is -2.12. The van der Waals surface area contributed by atoms with Gasteiger partial charge >= 0.3 is 0 Å². The molecule has 0 aliphatic rings. The van der Waals surface area contributed by atoms with E-state index in [1.165, 1.54) is 12.1 Å². The maximum Gasteiger partial charge on any atom is 0.162 e. The molecule has 16 heavy (non-hydrogen) atoms. The third-order valence-corrected chi connectivity index (χ3v) is 3.35. The lowest BCUT2D eigenvalue weighted by atomic mass is 10.1. The van der Waals surface area contributed by atoms with Crippen LogP contribution < -0.4 is 0 Å². The van der Waals surface area contributed by atoms with Crippen LogP contribution in [0.25, 0.3) is 0 Å². The summed E-state index contributed by atoms with van der Waals surface area (Å²) in [7, 11) is 0. The Kier molecular flexibility index (Phi) is 5.22. The van der Waals surface area contributed by atoms with Crippen LogP contribution in [0.2, 0.25) is 0 Å². The molecule has 0 aliphatic carbocycles. The van der Waals surface area contributed by atoms with E-state index in [1.807, 2.05) is 13.8 Å². The maximum absolute atomic E-state index is 13.3. The standard InChI is InChI=1S/C12H16F2OS/c1-8(2)16-7-10(15)6-9-4-3-5-11(13)12(9)14/h3-5,8,10,15H,6-7H2,1-2H3. The molecule has 1 rings (SSSR count). The van der Waals surface area contributed by atoms with Crippen LogP contribution in [0, 0.1) is 11.6 Å². The minimum Gasteiger partial charge on any atom is -0.392 e. The Morgan fingerprint density at radius 3 is 2.62 bits per heavy atom. The summed E-state index contributed by atoms with van der Waals surface area (Å²) in [5, 5.41) is 10.1. The van der Waals surface area contributed by atoms with Crippen molar-refractivity contribution in [3.63, 3.8) is 0 Å².